The lowest BCUT2D eigenvalue weighted by atomic mass is 10.2. The highest BCUT2D eigenvalue weighted by Gasteiger charge is 2.07. The molecule has 82 valence electrons. The molecular formula is C10H12Cl2N2O. The number of carbonyl (C=O) groups is 1. The first-order valence-electron chi connectivity index (χ1n) is 4.48. The second-order valence-corrected chi connectivity index (χ2v) is 4.09. The van der Waals surface area contributed by atoms with Crippen molar-refractivity contribution in [3.63, 3.8) is 0 Å². The molecule has 1 rings (SSSR count). The molecule has 0 aliphatic carbocycles. The molecule has 1 atom stereocenters. The van der Waals surface area contributed by atoms with Crippen LogP contribution in [-0.2, 0) is 11.3 Å². The third kappa shape index (κ3) is 3.70. The summed E-state index contributed by atoms with van der Waals surface area (Å²) in [6, 6.07) is 4.58. The number of hydrogen-bond donors (Lipinski definition) is 2. The van der Waals surface area contributed by atoms with Crippen molar-refractivity contribution in [1.29, 1.82) is 0 Å². The summed E-state index contributed by atoms with van der Waals surface area (Å²) in [5.74, 6) is -0.217. The van der Waals surface area contributed by atoms with Gasteiger partial charge in [0.1, 0.15) is 0 Å². The highest BCUT2D eigenvalue weighted by molar-refractivity contribution is 6.33. The SMILES string of the molecule is C[C@H](N)C(=O)NCc1cc(Cl)ccc1Cl. The number of nitrogens with one attached hydrogen (secondary N) is 1. The molecule has 3 nitrogen and oxygen atoms in total. The summed E-state index contributed by atoms with van der Waals surface area (Å²) >= 11 is 11.7. The molecule has 0 saturated heterocycles. The van der Waals surface area contributed by atoms with Crippen molar-refractivity contribution in [2.24, 2.45) is 5.73 Å². The van der Waals surface area contributed by atoms with Crippen molar-refractivity contribution in [3.8, 4) is 0 Å². The highest BCUT2D eigenvalue weighted by Crippen LogP contribution is 2.20. The van der Waals surface area contributed by atoms with Crippen molar-refractivity contribution in [1.82, 2.24) is 5.32 Å². The van der Waals surface area contributed by atoms with Gasteiger partial charge in [0.05, 0.1) is 6.04 Å². The number of hydrogen-bond acceptors (Lipinski definition) is 2. The summed E-state index contributed by atoms with van der Waals surface area (Å²) in [4.78, 5) is 11.2. The van der Waals surface area contributed by atoms with Gasteiger partial charge in [-0.1, -0.05) is 23.2 Å². The molecule has 0 saturated carbocycles. The van der Waals surface area contributed by atoms with E-state index in [2.05, 4.69) is 5.32 Å². The van der Waals surface area contributed by atoms with E-state index in [1.165, 1.54) is 0 Å². The molecule has 0 aromatic heterocycles. The smallest absolute Gasteiger partial charge is 0.236 e. The lowest BCUT2D eigenvalue weighted by molar-refractivity contribution is -0.122. The van der Waals surface area contributed by atoms with Gasteiger partial charge >= 0.3 is 0 Å². The van der Waals surface area contributed by atoms with E-state index in [4.69, 9.17) is 28.9 Å². The van der Waals surface area contributed by atoms with Crippen LogP contribution in [0.3, 0.4) is 0 Å². The third-order valence-electron chi connectivity index (χ3n) is 1.87. The summed E-state index contributed by atoms with van der Waals surface area (Å²) in [6.07, 6.45) is 0. The molecule has 1 amide bonds. The monoisotopic (exact) mass is 246 g/mol. The first-order valence-corrected chi connectivity index (χ1v) is 5.23. The number of carbonyl (C=O) groups excluding carboxylic acids is 1. The average Bonchev–Trinajstić information content (AvgIpc) is 2.18. The molecule has 0 radical (unpaired) electrons. The van der Waals surface area contributed by atoms with Gasteiger partial charge in [-0.25, -0.2) is 0 Å². The van der Waals surface area contributed by atoms with Crippen molar-refractivity contribution < 1.29 is 4.79 Å². The highest BCUT2D eigenvalue weighted by atomic mass is 35.5. The van der Waals surface area contributed by atoms with Crippen LogP contribution in [0.2, 0.25) is 10.0 Å². The van der Waals surface area contributed by atoms with Crippen molar-refractivity contribution in [2.45, 2.75) is 19.5 Å². The van der Waals surface area contributed by atoms with Crippen molar-refractivity contribution >= 4 is 29.1 Å². The van der Waals surface area contributed by atoms with Gasteiger partial charge in [-0.05, 0) is 30.7 Å². The van der Waals surface area contributed by atoms with E-state index in [0.29, 0.717) is 16.6 Å². The van der Waals surface area contributed by atoms with E-state index in [1.54, 1.807) is 25.1 Å². The Morgan fingerprint density at radius 1 is 1.53 bits per heavy atom. The fourth-order valence-corrected chi connectivity index (χ4v) is 1.40. The lowest BCUT2D eigenvalue weighted by Crippen LogP contribution is -2.37. The Morgan fingerprint density at radius 2 is 2.20 bits per heavy atom. The Labute approximate surface area is 98.5 Å². The molecule has 15 heavy (non-hydrogen) atoms. The van der Waals surface area contributed by atoms with Crippen LogP contribution in [0.4, 0.5) is 0 Å². The summed E-state index contributed by atoms with van der Waals surface area (Å²) < 4.78 is 0. The lowest BCUT2D eigenvalue weighted by Gasteiger charge is -2.09. The van der Waals surface area contributed by atoms with E-state index in [1.807, 2.05) is 0 Å². The van der Waals surface area contributed by atoms with Crippen LogP contribution < -0.4 is 11.1 Å². The molecule has 5 heteroatoms. The maximum absolute atomic E-state index is 11.2. The van der Waals surface area contributed by atoms with Gasteiger partial charge in [0.2, 0.25) is 5.91 Å². The Bertz CT molecular complexity index is 366. The first-order chi connectivity index (χ1) is 7.00. The fraction of sp³-hybridized carbons (Fsp3) is 0.300. The van der Waals surface area contributed by atoms with Crippen molar-refractivity contribution in [2.75, 3.05) is 0 Å². The second kappa shape index (κ2) is 5.35. The van der Waals surface area contributed by atoms with Crippen molar-refractivity contribution in [3.05, 3.63) is 33.8 Å². The minimum Gasteiger partial charge on any atom is -0.351 e. The number of rotatable bonds is 3. The summed E-state index contributed by atoms with van der Waals surface area (Å²) in [6.45, 7) is 1.95. The molecule has 0 aliphatic rings. The van der Waals surface area contributed by atoms with Gasteiger partial charge in [0, 0.05) is 16.6 Å². The second-order valence-electron chi connectivity index (χ2n) is 3.24. The van der Waals surface area contributed by atoms with Crippen LogP contribution in [0.5, 0.6) is 0 Å². The number of amides is 1. The Morgan fingerprint density at radius 3 is 2.80 bits per heavy atom. The van der Waals surface area contributed by atoms with Gasteiger partial charge in [0.25, 0.3) is 0 Å². The summed E-state index contributed by atoms with van der Waals surface area (Å²) in [5.41, 5.74) is 6.17. The molecule has 0 unspecified atom stereocenters. The van der Waals surface area contributed by atoms with Crippen LogP contribution >= 0.6 is 23.2 Å². The Balaban J connectivity index is 2.65. The van der Waals surface area contributed by atoms with Gasteiger partial charge in [0.15, 0.2) is 0 Å². The zero-order valence-corrected chi connectivity index (χ0v) is 9.77. The van der Waals surface area contributed by atoms with E-state index >= 15 is 0 Å². The quantitative estimate of drug-likeness (QED) is 0.857. The zero-order chi connectivity index (χ0) is 11.4. The van der Waals surface area contributed by atoms with Gasteiger partial charge in [-0.15, -0.1) is 0 Å². The summed E-state index contributed by atoms with van der Waals surface area (Å²) in [7, 11) is 0. The van der Waals surface area contributed by atoms with Gasteiger partial charge in [-0.3, -0.25) is 4.79 Å². The fourth-order valence-electron chi connectivity index (χ4n) is 1.02. The largest absolute Gasteiger partial charge is 0.351 e. The normalized spacial score (nSPS) is 12.3. The predicted molar refractivity (Wildman–Crippen MR) is 62.0 cm³/mol. The van der Waals surface area contributed by atoms with E-state index in [-0.39, 0.29) is 5.91 Å². The molecule has 0 bridgehead atoms. The maximum Gasteiger partial charge on any atom is 0.236 e. The van der Waals surface area contributed by atoms with E-state index in [9.17, 15) is 4.79 Å². The molecule has 1 aromatic carbocycles. The molecule has 1 aromatic rings. The molecule has 0 heterocycles. The third-order valence-corrected chi connectivity index (χ3v) is 2.48. The molecule has 3 N–H and O–H groups in total. The minimum absolute atomic E-state index is 0.217. The van der Waals surface area contributed by atoms with Gasteiger partial charge < -0.3 is 11.1 Å². The first kappa shape index (κ1) is 12.3. The topological polar surface area (TPSA) is 55.1 Å². The minimum atomic E-state index is -0.525. The van der Waals surface area contributed by atoms with E-state index in [0.717, 1.165) is 5.56 Å². The molecule has 0 spiro atoms. The number of benzene rings is 1. The van der Waals surface area contributed by atoms with Crippen LogP contribution in [0, 0.1) is 0 Å². The van der Waals surface area contributed by atoms with Crippen LogP contribution in [0.25, 0.3) is 0 Å². The average molecular weight is 247 g/mol. The number of nitrogens with two attached hydrogens (primary N) is 1. The van der Waals surface area contributed by atoms with Gasteiger partial charge in [-0.2, -0.15) is 0 Å². The zero-order valence-electron chi connectivity index (χ0n) is 8.26. The predicted octanol–water partition coefficient (Wildman–Crippen LogP) is 1.96. The molecule has 0 aliphatic heterocycles. The Kier molecular flexibility index (Phi) is 4.39. The Hall–Kier alpha value is -0.770. The molecular weight excluding hydrogens is 235 g/mol. The van der Waals surface area contributed by atoms with E-state index < -0.39 is 6.04 Å². The van der Waals surface area contributed by atoms with Crippen LogP contribution in [-0.4, -0.2) is 11.9 Å². The number of halogens is 2. The van der Waals surface area contributed by atoms with Crippen LogP contribution in [0.1, 0.15) is 12.5 Å². The standard InChI is InChI=1S/C10H12Cl2N2O/c1-6(13)10(15)14-5-7-4-8(11)2-3-9(7)12/h2-4,6H,5,13H2,1H3,(H,14,15)/t6-/m0/s1. The maximum atomic E-state index is 11.2. The van der Waals surface area contributed by atoms with Crippen LogP contribution in [0.15, 0.2) is 18.2 Å². The molecule has 0 fully saturated rings. The summed E-state index contributed by atoms with van der Waals surface area (Å²) in [5, 5.41) is 3.82.